The number of rotatable bonds is 5. The van der Waals surface area contributed by atoms with E-state index < -0.39 is 0 Å². The lowest BCUT2D eigenvalue weighted by atomic mass is 9.93. The highest BCUT2D eigenvalue weighted by molar-refractivity contribution is 7.12. The summed E-state index contributed by atoms with van der Waals surface area (Å²) in [7, 11) is 0. The minimum absolute atomic E-state index is 0.281. The summed E-state index contributed by atoms with van der Waals surface area (Å²) < 4.78 is 0. The van der Waals surface area contributed by atoms with Gasteiger partial charge in [-0.2, -0.15) is 0 Å². The molecular weight excluding hydrogens is 278 g/mol. The average molecular weight is 299 g/mol. The van der Waals surface area contributed by atoms with Gasteiger partial charge in [-0.05, 0) is 41.8 Å². The Bertz CT molecular complexity index is 605. The fraction of sp³-hybridized carbons (Fsp3) is 0.389. The molecule has 1 unspecified atom stereocenters. The number of hydrogen-bond donors (Lipinski definition) is 0. The first-order valence-corrected chi connectivity index (χ1v) is 8.51. The Labute approximate surface area is 130 Å². The predicted molar refractivity (Wildman–Crippen MR) is 89.4 cm³/mol. The topological polar surface area (TPSA) is 20.3 Å². The molecule has 3 heteroatoms. The van der Waals surface area contributed by atoms with Crippen molar-refractivity contribution in [2.45, 2.75) is 26.2 Å². The van der Waals surface area contributed by atoms with Crippen molar-refractivity contribution in [1.82, 2.24) is 0 Å². The predicted octanol–water partition coefficient (Wildman–Crippen LogP) is 4.41. The van der Waals surface area contributed by atoms with Gasteiger partial charge in [0.05, 0.1) is 4.88 Å². The summed E-state index contributed by atoms with van der Waals surface area (Å²) >= 11 is 1.54. The molecule has 0 bridgehead atoms. The highest BCUT2D eigenvalue weighted by atomic mass is 32.1. The van der Waals surface area contributed by atoms with Gasteiger partial charge >= 0.3 is 0 Å². The molecule has 0 aliphatic carbocycles. The fourth-order valence-corrected chi connectivity index (χ4v) is 3.80. The van der Waals surface area contributed by atoms with E-state index in [9.17, 15) is 4.79 Å². The number of para-hydroxylation sites is 1. The third-order valence-electron chi connectivity index (χ3n) is 4.06. The molecule has 0 fully saturated rings. The Morgan fingerprint density at radius 3 is 2.95 bits per heavy atom. The highest BCUT2D eigenvalue weighted by Gasteiger charge is 2.21. The molecule has 3 rings (SSSR count). The number of nitrogens with zero attached hydrogens (tertiary/aromatic N) is 1. The average Bonchev–Trinajstić information content (AvgIpc) is 3.01. The van der Waals surface area contributed by atoms with Crippen molar-refractivity contribution >= 4 is 22.8 Å². The molecule has 1 atom stereocenters. The largest absolute Gasteiger partial charge is 0.371 e. The summed E-state index contributed by atoms with van der Waals surface area (Å²) in [6.07, 6.45) is 2.74. The van der Waals surface area contributed by atoms with Gasteiger partial charge in [-0.1, -0.05) is 31.2 Å². The maximum atomic E-state index is 12.0. The maximum Gasteiger partial charge on any atom is 0.172 e. The zero-order chi connectivity index (χ0) is 14.7. The number of fused-ring (bicyclic) bond motifs is 1. The number of ketones is 1. The molecule has 21 heavy (non-hydrogen) atoms. The van der Waals surface area contributed by atoms with Gasteiger partial charge in [-0.25, -0.2) is 0 Å². The highest BCUT2D eigenvalue weighted by Crippen LogP contribution is 2.29. The third kappa shape index (κ3) is 3.35. The lowest BCUT2D eigenvalue weighted by Gasteiger charge is -2.34. The van der Waals surface area contributed by atoms with Crippen LogP contribution in [0.5, 0.6) is 0 Å². The second-order valence-corrected chi connectivity index (χ2v) is 6.84. The van der Waals surface area contributed by atoms with Gasteiger partial charge in [0, 0.05) is 25.2 Å². The Morgan fingerprint density at radius 1 is 1.29 bits per heavy atom. The van der Waals surface area contributed by atoms with Crippen molar-refractivity contribution in [2.24, 2.45) is 5.92 Å². The van der Waals surface area contributed by atoms with Gasteiger partial charge in [0.15, 0.2) is 5.78 Å². The smallest absolute Gasteiger partial charge is 0.172 e. The normalized spacial score (nSPS) is 17.6. The van der Waals surface area contributed by atoms with Gasteiger partial charge < -0.3 is 4.90 Å². The van der Waals surface area contributed by atoms with Crippen LogP contribution < -0.4 is 4.90 Å². The number of Topliss-reactive ketones (excluding diaryl/α,β-unsaturated/α-hetero) is 1. The molecule has 2 nitrogen and oxygen atoms in total. The Kier molecular flexibility index (Phi) is 4.39. The van der Waals surface area contributed by atoms with Gasteiger partial charge in [-0.15, -0.1) is 11.3 Å². The minimum atomic E-state index is 0.281. The van der Waals surface area contributed by atoms with Crippen molar-refractivity contribution in [3.8, 4) is 0 Å². The summed E-state index contributed by atoms with van der Waals surface area (Å²) in [5.41, 5.74) is 2.81. The van der Waals surface area contributed by atoms with E-state index in [1.54, 1.807) is 11.3 Å². The van der Waals surface area contributed by atoms with E-state index in [1.807, 2.05) is 17.5 Å². The van der Waals surface area contributed by atoms with Crippen LogP contribution in [0.2, 0.25) is 0 Å². The standard InChI is InChI=1S/C18H21NOS/c1-14-12-15-6-2-3-7-16(15)19(13-14)10-4-8-17(20)18-9-5-11-21-18/h2-3,5-7,9,11,14H,4,8,10,12-13H2,1H3. The summed E-state index contributed by atoms with van der Waals surface area (Å²) in [6.45, 7) is 4.38. The maximum absolute atomic E-state index is 12.0. The summed E-state index contributed by atoms with van der Waals surface area (Å²) in [6, 6.07) is 12.5. The van der Waals surface area contributed by atoms with Crippen molar-refractivity contribution in [3.63, 3.8) is 0 Å². The van der Waals surface area contributed by atoms with Crippen LogP contribution in [-0.2, 0) is 6.42 Å². The SMILES string of the molecule is CC1Cc2ccccc2N(CCCC(=O)c2cccs2)C1. The van der Waals surface area contributed by atoms with Crippen LogP contribution in [0.3, 0.4) is 0 Å². The molecule has 110 valence electrons. The van der Waals surface area contributed by atoms with Crippen molar-refractivity contribution in [1.29, 1.82) is 0 Å². The van der Waals surface area contributed by atoms with E-state index in [0.717, 1.165) is 24.4 Å². The molecule has 0 saturated carbocycles. The van der Waals surface area contributed by atoms with Crippen LogP contribution in [0.4, 0.5) is 5.69 Å². The van der Waals surface area contributed by atoms with E-state index in [4.69, 9.17) is 0 Å². The fourth-order valence-electron chi connectivity index (χ4n) is 3.11. The van der Waals surface area contributed by atoms with Gasteiger partial charge in [0.1, 0.15) is 0 Å². The van der Waals surface area contributed by atoms with E-state index in [2.05, 4.69) is 36.1 Å². The monoisotopic (exact) mass is 299 g/mol. The second-order valence-electron chi connectivity index (χ2n) is 5.89. The lowest BCUT2D eigenvalue weighted by molar-refractivity contribution is 0.0984. The van der Waals surface area contributed by atoms with E-state index in [0.29, 0.717) is 12.3 Å². The molecule has 1 aromatic carbocycles. The number of hydrogen-bond acceptors (Lipinski definition) is 3. The molecule has 1 aliphatic heterocycles. The van der Waals surface area contributed by atoms with E-state index >= 15 is 0 Å². The zero-order valence-corrected chi connectivity index (χ0v) is 13.2. The number of carbonyl (C=O) groups is 1. The number of thiophene rings is 1. The second kappa shape index (κ2) is 6.44. The quantitative estimate of drug-likeness (QED) is 0.762. The molecule has 1 aromatic heterocycles. The molecular formula is C18H21NOS. The molecule has 2 heterocycles. The third-order valence-corrected chi connectivity index (χ3v) is 4.97. The molecule has 0 saturated heterocycles. The Hall–Kier alpha value is -1.61. The molecule has 2 aromatic rings. The molecule has 0 amide bonds. The summed E-state index contributed by atoms with van der Waals surface area (Å²) in [5.74, 6) is 0.969. The first-order valence-electron chi connectivity index (χ1n) is 7.63. The Morgan fingerprint density at radius 2 is 2.14 bits per heavy atom. The summed E-state index contributed by atoms with van der Waals surface area (Å²) in [5, 5.41) is 1.97. The van der Waals surface area contributed by atoms with Crippen molar-refractivity contribution in [2.75, 3.05) is 18.0 Å². The molecule has 0 N–H and O–H groups in total. The van der Waals surface area contributed by atoms with Crippen molar-refractivity contribution < 1.29 is 4.79 Å². The molecule has 0 radical (unpaired) electrons. The van der Waals surface area contributed by atoms with Crippen LogP contribution in [0.1, 0.15) is 35.0 Å². The van der Waals surface area contributed by atoms with Gasteiger partial charge in [-0.3, -0.25) is 4.79 Å². The summed E-state index contributed by atoms with van der Waals surface area (Å²) in [4.78, 5) is 15.4. The first kappa shape index (κ1) is 14.3. The van der Waals surface area contributed by atoms with Gasteiger partial charge in [0.2, 0.25) is 0 Å². The number of anilines is 1. The van der Waals surface area contributed by atoms with Crippen molar-refractivity contribution in [3.05, 3.63) is 52.2 Å². The first-order chi connectivity index (χ1) is 10.2. The van der Waals surface area contributed by atoms with Crippen LogP contribution in [0.25, 0.3) is 0 Å². The van der Waals surface area contributed by atoms with E-state index in [-0.39, 0.29) is 5.78 Å². The van der Waals surface area contributed by atoms with Crippen LogP contribution in [0, 0.1) is 5.92 Å². The van der Waals surface area contributed by atoms with Crippen LogP contribution >= 0.6 is 11.3 Å². The number of benzene rings is 1. The molecule has 1 aliphatic rings. The zero-order valence-electron chi connectivity index (χ0n) is 12.4. The lowest BCUT2D eigenvalue weighted by Crippen LogP contribution is -2.35. The van der Waals surface area contributed by atoms with E-state index in [1.165, 1.54) is 17.7 Å². The Balaban J connectivity index is 1.59. The van der Waals surface area contributed by atoms with Crippen LogP contribution in [0.15, 0.2) is 41.8 Å². The minimum Gasteiger partial charge on any atom is -0.371 e. The molecule has 0 spiro atoms. The van der Waals surface area contributed by atoms with Gasteiger partial charge in [0.25, 0.3) is 0 Å². The number of carbonyl (C=O) groups excluding carboxylic acids is 1. The van der Waals surface area contributed by atoms with Crippen LogP contribution in [-0.4, -0.2) is 18.9 Å².